The average molecular weight is 268 g/mol. The summed E-state index contributed by atoms with van der Waals surface area (Å²) in [5.41, 5.74) is 1.06. The van der Waals surface area contributed by atoms with Gasteiger partial charge in [0.05, 0.1) is 29.4 Å². The molecule has 1 aromatic heterocycles. The molecule has 1 aliphatic rings. The molecule has 5 heteroatoms. The Morgan fingerprint density at radius 3 is 3.27 bits per heavy atom. The minimum Gasteiger partial charge on any atom is -0.365 e. The maximum Gasteiger partial charge on any atom is 0.161 e. The molecule has 0 aliphatic carbocycles. The zero-order chi connectivity index (χ0) is 10.7. The van der Waals surface area contributed by atoms with E-state index in [2.05, 4.69) is 31.9 Å². The number of pyridine rings is 1. The summed E-state index contributed by atoms with van der Waals surface area (Å²) in [6.45, 7) is 2.01. The molecule has 4 nitrogen and oxygen atoms in total. The fraction of sp³-hybridized carbons (Fsp3) is 0.400. The van der Waals surface area contributed by atoms with Crippen LogP contribution >= 0.6 is 15.9 Å². The van der Waals surface area contributed by atoms with Gasteiger partial charge in [0.25, 0.3) is 0 Å². The van der Waals surface area contributed by atoms with Crippen LogP contribution in [0.25, 0.3) is 0 Å². The first kappa shape index (κ1) is 10.4. The van der Waals surface area contributed by atoms with Crippen molar-refractivity contribution in [3.8, 4) is 6.07 Å². The fourth-order valence-electron chi connectivity index (χ4n) is 1.57. The first-order valence-corrected chi connectivity index (χ1v) is 5.46. The third-order valence-electron chi connectivity index (χ3n) is 2.30. The molecule has 0 aromatic carbocycles. The molecule has 1 fully saturated rings. The van der Waals surface area contributed by atoms with Gasteiger partial charge in [-0.15, -0.1) is 0 Å². The zero-order valence-corrected chi connectivity index (χ0v) is 9.64. The molecule has 1 aliphatic heterocycles. The highest BCUT2D eigenvalue weighted by Gasteiger charge is 2.21. The van der Waals surface area contributed by atoms with Crippen LogP contribution in [0.3, 0.4) is 0 Å². The SMILES string of the molecule is N#CC1CN(c2ccncc2Br)CCO1. The van der Waals surface area contributed by atoms with Crippen molar-refractivity contribution in [3.63, 3.8) is 0 Å². The molecule has 0 amide bonds. The van der Waals surface area contributed by atoms with Crippen molar-refractivity contribution in [2.24, 2.45) is 0 Å². The molecule has 1 saturated heterocycles. The predicted octanol–water partition coefficient (Wildman–Crippen LogP) is 1.57. The number of rotatable bonds is 1. The van der Waals surface area contributed by atoms with Gasteiger partial charge in [-0.3, -0.25) is 4.98 Å². The van der Waals surface area contributed by atoms with Crippen LogP contribution < -0.4 is 4.90 Å². The van der Waals surface area contributed by atoms with Crippen molar-refractivity contribution in [1.82, 2.24) is 4.98 Å². The molecule has 0 spiro atoms. The molecule has 1 unspecified atom stereocenters. The molecular formula is C10H10BrN3O. The number of hydrogen-bond donors (Lipinski definition) is 0. The van der Waals surface area contributed by atoms with Crippen LogP contribution in [0.5, 0.6) is 0 Å². The lowest BCUT2D eigenvalue weighted by Crippen LogP contribution is -2.42. The largest absolute Gasteiger partial charge is 0.365 e. The summed E-state index contributed by atoms with van der Waals surface area (Å²) < 4.78 is 6.23. The van der Waals surface area contributed by atoms with Gasteiger partial charge in [0.2, 0.25) is 0 Å². The molecule has 1 aromatic rings. The highest BCUT2D eigenvalue weighted by Crippen LogP contribution is 2.26. The lowest BCUT2D eigenvalue weighted by molar-refractivity contribution is 0.0764. The van der Waals surface area contributed by atoms with E-state index in [1.165, 1.54) is 0 Å². The van der Waals surface area contributed by atoms with Crippen LogP contribution in [-0.4, -0.2) is 30.8 Å². The number of nitrogens with zero attached hydrogens (tertiary/aromatic N) is 3. The van der Waals surface area contributed by atoms with E-state index in [-0.39, 0.29) is 6.10 Å². The van der Waals surface area contributed by atoms with E-state index in [4.69, 9.17) is 10.00 Å². The molecule has 15 heavy (non-hydrogen) atoms. The Labute approximate surface area is 96.6 Å². The van der Waals surface area contributed by atoms with Gasteiger partial charge in [0, 0.05) is 18.9 Å². The number of halogens is 1. The number of hydrogen-bond acceptors (Lipinski definition) is 4. The summed E-state index contributed by atoms with van der Waals surface area (Å²) in [7, 11) is 0. The van der Waals surface area contributed by atoms with Crippen molar-refractivity contribution in [3.05, 3.63) is 22.9 Å². The second-order valence-corrected chi connectivity index (χ2v) is 4.12. The third kappa shape index (κ3) is 2.28. The topological polar surface area (TPSA) is 49.2 Å². The highest BCUT2D eigenvalue weighted by atomic mass is 79.9. The Balaban J connectivity index is 2.18. The normalized spacial score (nSPS) is 21.1. The van der Waals surface area contributed by atoms with Crippen LogP contribution in [0.4, 0.5) is 5.69 Å². The van der Waals surface area contributed by atoms with Gasteiger partial charge in [-0.2, -0.15) is 5.26 Å². The highest BCUT2D eigenvalue weighted by molar-refractivity contribution is 9.10. The Morgan fingerprint density at radius 2 is 2.53 bits per heavy atom. The number of nitriles is 1. The van der Waals surface area contributed by atoms with Crippen molar-refractivity contribution in [2.75, 3.05) is 24.6 Å². The van der Waals surface area contributed by atoms with Gasteiger partial charge < -0.3 is 9.64 Å². The maximum atomic E-state index is 8.80. The number of morpholine rings is 1. The number of aromatic nitrogens is 1. The van der Waals surface area contributed by atoms with E-state index in [1.54, 1.807) is 12.4 Å². The predicted molar refractivity (Wildman–Crippen MR) is 59.5 cm³/mol. The second-order valence-electron chi connectivity index (χ2n) is 3.26. The van der Waals surface area contributed by atoms with Crippen LogP contribution in [0.1, 0.15) is 0 Å². The Kier molecular flexibility index (Phi) is 3.19. The van der Waals surface area contributed by atoms with E-state index in [1.807, 2.05) is 6.07 Å². The molecule has 0 radical (unpaired) electrons. The fourth-order valence-corrected chi connectivity index (χ4v) is 2.07. The summed E-state index contributed by atoms with van der Waals surface area (Å²) in [5, 5.41) is 8.80. The molecule has 0 saturated carbocycles. The lowest BCUT2D eigenvalue weighted by atomic mass is 10.2. The summed E-state index contributed by atoms with van der Waals surface area (Å²) in [5.74, 6) is 0. The molecule has 2 heterocycles. The first-order chi connectivity index (χ1) is 7.31. The molecule has 0 N–H and O–H groups in total. The van der Waals surface area contributed by atoms with E-state index < -0.39 is 0 Å². The van der Waals surface area contributed by atoms with Crippen LogP contribution in [-0.2, 0) is 4.74 Å². The minimum atomic E-state index is -0.334. The Hall–Kier alpha value is -1.12. The lowest BCUT2D eigenvalue weighted by Gasteiger charge is -2.32. The average Bonchev–Trinajstić information content (AvgIpc) is 2.30. The van der Waals surface area contributed by atoms with Gasteiger partial charge in [-0.05, 0) is 22.0 Å². The molecule has 78 valence electrons. The van der Waals surface area contributed by atoms with Crippen LogP contribution in [0, 0.1) is 11.3 Å². The van der Waals surface area contributed by atoms with Crippen LogP contribution in [0.15, 0.2) is 22.9 Å². The Morgan fingerprint density at radius 1 is 1.67 bits per heavy atom. The van der Waals surface area contributed by atoms with Crippen molar-refractivity contribution < 1.29 is 4.74 Å². The summed E-state index contributed by atoms with van der Waals surface area (Å²) in [4.78, 5) is 6.14. The molecule has 2 rings (SSSR count). The molecule has 0 bridgehead atoms. The minimum absolute atomic E-state index is 0.334. The molecule has 1 atom stereocenters. The van der Waals surface area contributed by atoms with Crippen LogP contribution in [0.2, 0.25) is 0 Å². The van der Waals surface area contributed by atoms with E-state index in [9.17, 15) is 0 Å². The van der Waals surface area contributed by atoms with Gasteiger partial charge >= 0.3 is 0 Å². The second kappa shape index (κ2) is 4.60. The van der Waals surface area contributed by atoms with Gasteiger partial charge in [-0.25, -0.2) is 0 Å². The summed E-state index contributed by atoms with van der Waals surface area (Å²) in [6, 6.07) is 4.06. The van der Waals surface area contributed by atoms with Gasteiger partial charge in [0.1, 0.15) is 0 Å². The smallest absolute Gasteiger partial charge is 0.161 e. The maximum absolute atomic E-state index is 8.80. The number of ether oxygens (including phenoxy) is 1. The quantitative estimate of drug-likeness (QED) is 0.775. The first-order valence-electron chi connectivity index (χ1n) is 4.67. The standard InChI is InChI=1S/C10H10BrN3O/c11-9-6-13-2-1-10(9)14-3-4-15-8(5-12)7-14/h1-2,6,8H,3-4,7H2. The van der Waals surface area contributed by atoms with Crippen molar-refractivity contribution in [2.45, 2.75) is 6.10 Å². The van der Waals surface area contributed by atoms with Crippen molar-refractivity contribution >= 4 is 21.6 Å². The Bertz CT molecular complexity index is 390. The summed E-state index contributed by atoms with van der Waals surface area (Å²) in [6.07, 6.45) is 3.17. The van der Waals surface area contributed by atoms with Crippen molar-refractivity contribution in [1.29, 1.82) is 5.26 Å². The number of anilines is 1. The third-order valence-corrected chi connectivity index (χ3v) is 2.91. The molecular weight excluding hydrogens is 258 g/mol. The van der Waals surface area contributed by atoms with Gasteiger partial charge in [-0.1, -0.05) is 0 Å². The monoisotopic (exact) mass is 267 g/mol. The van der Waals surface area contributed by atoms with E-state index in [0.29, 0.717) is 13.2 Å². The van der Waals surface area contributed by atoms with Gasteiger partial charge in [0.15, 0.2) is 6.10 Å². The zero-order valence-electron chi connectivity index (χ0n) is 8.06. The van der Waals surface area contributed by atoms with E-state index in [0.717, 1.165) is 16.7 Å². The summed E-state index contributed by atoms with van der Waals surface area (Å²) >= 11 is 3.45. The van der Waals surface area contributed by atoms with E-state index >= 15 is 0 Å².